The van der Waals surface area contributed by atoms with Gasteiger partial charge in [-0.15, -0.1) is 0 Å². The second kappa shape index (κ2) is 9.89. The van der Waals surface area contributed by atoms with Gasteiger partial charge in [0.25, 0.3) is 11.7 Å². The number of aryl methyl sites for hydroxylation is 1. The van der Waals surface area contributed by atoms with E-state index in [9.17, 15) is 14.7 Å². The van der Waals surface area contributed by atoms with Crippen LogP contribution in [0, 0.1) is 6.92 Å². The lowest BCUT2D eigenvalue weighted by molar-refractivity contribution is -0.140. The van der Waals surface area contributed by atoms with Crippen LogP contribution in [0.3, 0.4) is 0 Å². The summed E-state index contributed by atoms with van der Waals surface area (Å²) in [6.07, 6.45) is 3.27. The third-order valence-electron chi connectivity index (χ3n) is 6.02. The van der Waals surface area contributed by atoms with E-state index < -0.39 is 17.7 Å². The number of carbonyl (C=O) groups excluding carboxylic acids is 2. The molecule has 0 saturated carbocycles. The van der Waals surface area contributed by atoms with Gasteiger partial charge in [-0.1, -0.05) is 6.07 Å². The monoisotopic (exact) mass is 474 g/mol. The van der Waals surface area contributed by atoms with Crippen molar-refractivity contribution in [2.75, 3.05) is 21.3 Å². The zero-order valence-electron chi connectivity index (χ0n) is 19.9. The van der Waals surface area contributed by atoms with Crippen molar-refractivity contribution in [1.29, 1.82) is 0 Å². The smallest absolute Gasteiger partial charge is 0.295 e. The molecule has 1 saturated heterocycles. The molecule has 1 aromatic heterocycles. The van der Waals surface area contributed by atoms with Gasteiger partial charge in [0.15, 0.2) is 0 Å². The zero-order valence-corrected chi connectivity index (χ0v) is 19.9. The highest BCUT2D eigenvalue weighted by atomic mass is 16.5. The topological polar surface area (TPSA) is 98.2 Å². The minimum Gasteiger partial charge on any atom is -0.507 e. The normalized spacial score (nSPS) is 16.9. The molecule has 180 valence electrons. The summed E-state index contributed by atoms with van der Waals surface area (Å²) in [5.74, 6) is -0.145. The zero-order chi connectivity index (χ0) is 25.1. The third kappa shape index (κ3) is 4.42. The number of ether oxygens (including phenoxy) is 3. The van der Waals surface area contributed by atoms with E-state index in [2.05, 4.69) is 4.98 Å². The molecule has 0 unspecified atom stereocenters. The molecule has 1 atom stereocenters. The number of amides is 1. The van der Waals surface area contributed by atoms with Gasteiger partial charge in [0.1, 0.15) is 23.0 Å². The fourth-order valence-electron chi connectivity index (χ4n) is 4.28. The molecule has 1 aliphatic rings. The maximum Gasteiger partial charge on any atom is 0.295 e. The summed E-state index contributed by atoms with van der Waals surface area (Å²) in [6.45, 7) is 1.96. The highest BCUT2D eigenvalue weighted by Crippen LogP contribution is 2.44. The van der Waals surface area contributed by atoms with Gasteiger partial charge >= 0.3 is 0 Å². The fraction of sp³-hybridized carbons (Fsp3) is 0.222. The van der Waals surface area contributed by atoms with Crippen molar-refractivity contribution in [3.8, 4) is 17.2 Å². The van der Waals surface area contributed by atoms with Gasteiger partial charge in [-0.2, -0.15) is 0 Å². The number of aromatic nitrogens is 1. The second-order valence-corrected chi connectivity index (χ2v) is 8.08. The molecule has 3 aromatic rings. The summed E-state index contributed by atoms with van der Waals surface area (Å²) < 4.78 is 16.2. The van der Waals surface area contributed by atoms with Crippen molar-refractivity contribution < 1.29 is 28.9 Å². The summed E-state index contributed by atoms with van der Waals surface area (Å²) in [7, 11) is 4.59. The van der Waals surface area contributed by atoms with Crippen LogP contribution in [0.1, 0.15) is 28.3 Å². The number of benzene rings is 2. The minimum absolute atomic E-state index is 0.0214. The Morgan fingerprint density at radius 2 is 1.77 bits per heavy atom. The number of hydrogen-bond donors (Lipinski definition) is 1. The van der Waals surface area contributed by atoms with Crippen molar-refractivity contribution in [2.45, 2.75) is 19.5 Å². The molecule has 35 heavy (non-hydrogen) atoms. The fourth-order valence-corrected chi connectivity index (χ4v) is 4.28. The summed E-state index contributed by atoms with van der Waals surface area (Å²) in [5, 5.41) is 11.3. The van der Waals surface area contributed by atoms with Gasteiger partial charge < -0.3 is 24.2 Å². The molecule has 1 amide bonds. The first-order valence-electron chi connectivity index (χ1n) is 10.9. The molecule has 4 rings (SSSR count). The van der Waals surface area contributed by atoms with Crippen molar-refractivity contribution in [3.63, 3.8) is 0 Å². The van der Waals surface area contributed by atoms with Crippen LogP contribution in [0.4, 0.5) is 0 Å². The molecule has 1 N–H and O–H groups in total. The van der Waals surface area contributed by atoms with Crippen LogP contribution in [0.5, 0.6) is 17.2 Å². The van der Waals surface area contributed by atoms with Crippen LogP contribution in [-0.4, -0.2) is 48.0 Å². The number of pyridine rings is 1. The van der Waals surface area contributed by atoms with E-state index in [4.69, 9.17) is 14.2 Å². The number of methoxy groups -OCH3 is 3. The van der Waals surface area contributed by atoms with Crippen molar-refractivity contribution in [2.24, 2.45) is 0 Å². The number of rotatable bonds is 7. The van der Waals surface area contributed by atoms with Crippen LogP contribution in [0.2, 0.25) is 0 Å². The van der Waals surface area contributed by atoms with E-state index in [1.54, 1.807) is 62.0 Å². The minimum atomic E-state index is -0.890. The Balaban J connectivity index is 1.92. The van der Waals surface area contributed by atoms with E-state index in [0.29, 0.717) is 28.4 Å². The van der Waals surface area contributed by atoms with Crippen LogP contribution in [0.15, 0.2) is 66.5 Å². The van der Waals surface area contributed by atoms with Gasteiger partial charge in [-0.25, -0.2) is 0 Å². The Kier molecular flexibility index (Phi) is 6.73. The molecular weight excluding hydrogens is 448 g/mol. The van der Waals surface area contributed by atoms with Crippen LogP contribution < -0.4 is 14.2 Å². The first-order chi connectivity index (χ1) is 16.9. The first kappa shape index (κ1) is 23.8. The van der Waals surface area contributed by atoms with Gasteiger partial charge in [-0.3, -0.25) is 14.6 Å². The summed E-state index contributed by atoms with van der Waals surface area (Å²) in [6, 6.07) is 12.9. The highest BCUT2D eigenvalue weighted by molar-refractivity contribution is 6.46. The lowest BCUT2D eigenvalue weighted by Crippen LogP contribution is -2.29. The SMILES string of the molecule is COc1ccc([C@H]2C(=C(O)c3ccc(OC)c(C)c3)C(=O)C(=O)N2Cc2cccnc2)c(OC)c1. The van der Waals surface area contributed by atoms with Crippen molar-refractivity contribution >= 4 is 17.4 Å². The quantitative estimate of drug-likeness (QED) is 0.314. The number of aliphatic hydroxyl groups excluding tert-OH is 1. The first-order valence-corrected chi connectivity index (χ1v) is 10.9. The van der Waals surface area contributed by atoms with Crippen molar-refractivity contribution in [3.05, 3.63) is 88.8 Å². The lowest BCUT2D eigenvalue weighted by atomic mass is 9.94. The molecule has 0 spiro atoms. The van der Waals surface area contributed by atoms with Gasteiger partial charge in [0, 0.05) is 36.1 Å². The molecule has 8 heteroatoms. The molecule has 8 nitrogen and oxygen atoms in total. The van der Waals surface area contributed by atoms with Gasteiger partial charge in [0.2, 0.25) is 0 Å². The predicted molar refractivity (Wildman–Crippen MR) is 129 cm³/mol. The predicted octanol–water partition coefficient (Wildman–Crippen LogP) is 4.04. The molecular formula is C27H26N2O6. The molecule has 1 aliphatic heterocycles. The standard InChI is InChI=1S/C27H26N2O6/c1-16-12-18(7-10-21(16)34-3)25(30)23-24(20-9-8-19(33-2)13-22(20)35-4)29(27(32)26(23)31)15-17-6-5-11-28-14-17/h5-14,24,30H,15H2,1-4H3/t24-/m0/s1. The number of aliphatic hydroxyl groups is 1. The molecule has 0 bridgehead atoms. The van der Waals surface area contributed by atoms with Gasteiger partial charge in [0.05, 0.1) is 32.9 Å². The highest BCUT2D eigenvalue weighted by Gasteiger charge is 2.47. The summed E-state index contributed by atoms with van der Waals surface area (Å²) in [5.41, 5.74) is 2.45. The second-order valence-electron chi connectivity index (χ2n) is 8.08. The Morgan fingerprint density at radius 1 is 1.00 bits per heavy atom. The van der Waals surface area contributed by atoms with Crippen LogP contribution in [-0.2, 0) is 16.1 Å². The largest absolute Gasteiger partial charge is 0.507 e. The summed E-state index contributed by atoms with van der Waals surface area (Å²) in [4.78, 5) is 32.1. The Hall–Kier alpha value is -4.33. The maximum atomic E-state index is 13.3. The molecule has 0 radical (unpaired) electrons. The van der Waals surface area contributed by atoms with E-state index in [0.717, 1.165) is 11.1 Å². The number of likely N-dealkylation sites (tertiary alicyclic amines) is 1. The van der Waals surface area contributed by atoms with E-state index >= 15 is 0 Å². The number of Topliss-reactive ketones (excluding diaryl/α,β-unsaturated/α-hetero) is 1. The molecule has 2 heterocycles. The molecule has 1 fully saturated rings. The van der Waals surface area contributed by atoms with Gasteiger partial charge in [-0.05, 0) is 54.4 Å². The van der Waals surface area contributed by atoms with Crippen LogP contribution >= 0.6 is 0 Å². The van der Waals surface area contributed by atoms with E-state index in [-0.39, 0.29) is 17.9 Å². The number of ketones is 1. The Labute approximate surface area is 203 Å². The lowest BCUT2D eigenvalue weighted by Gasteiger charge is -2.27. The average molecular weight is 475 g/mol. The Morgan fingerprint density at radius 3 is 2.40 bits per heavy atom. The number of nitrogens with zero attached hydrogens (tertiary/aromatic N) is 2. The third-order valence-corrected chi connectivity index (χ3v) is 6.02. The summed E-state index contributed by atoms with van der Waals surface area (Å²) >= 11 is 0. The van der Waals surface area contributed by atoms with E-state index in [1.807, 2.05) is 13.0 Å². The average Bonchev–Trinajstić information content (AvgIpc) is 3.13. The molecule has 2 aromatic carbocycles. The maximum absolute atomic E-state index is 13.3. The number of carbonyl (C=O) groups is 2. The van der Waals surface area contributed by atoms with Crippen molar-refractivity contribution in [1.82, 2.24) is 9.88 Å². The Bertz CT molecular complexity index is 1300. The van der Waals surface area contributed by atoms with Crippen LogP contribution in [0.25, 0.3) is 5.76 Å². The number of hydrogen-bond acceptors (Lipinski definition) is 7. The molecule has 0 aliphatic carbocycles. The van der Waals surface area contributed by atoms with E-state index in [1.165, 1.54) is 19.1 Å².